The molecule has 0 saturated carbocycles. The Morgan fingerprint density at radius 1 is 0.647 bits per heavy atom. The van der Waals surface area contributed by atoms with Crippen molar-refractivity contribution in [2.75, 3.05) is 6.54 Å². The van der Waals surface area contributed by atoms with E-state index in [1.807, 2.05) is 5.32 Å². The van der Waals surface area contributed by atoms with E-state index in [9.17, 15) is 33.6 Å². The van der Waals surface area contributed by atoms with E-state index in [0.29, 0.717) is 19.4 Å². The maximum atomic E-state index is 12.7. The number of nitrogens with one attached hydrogen (secondary N) is 3. The molecule has 192 valence electrons. The summed E-state index contributed by atoms with van der Waals surface area (Å²) >= 11 is 0. The van der Waals surface area contributed by atoms with Crippen LogP contribution in [-0.2, 0) is 33.6 Å². The van der Waals surface area contributed by atoms with E-state index in [1.165, 1.54) is 0 Å². The molecule has 0 aliphatic carbocycles. The first-order valence-electron chi connectivity index (χ1n) is 10.2. The number of hydrogen-bond acceptors (Lipinski definition) is 9. The molecule has 0 aliphatic rings. The van der Waals surface area contributed by atoms with Crippen molar-refractivity contribution in [3.8, 4) is 0 Å². The van der Waals surface area contributed by atoms with Gasteiger partial charge in [-0.05, 0) is 19.4 Å². The van der Waals surface area contributed by atoms with Crippen molar-refractivity contribution in [1.29, 1.82) is 0 Å². The highest BCUT2D eigenvalue weighted by atomic mass is 16.4. The number of amides is 6. The van der Waals surface area contributed by atoms with Crippen molar-refractivity contribution in [2.24, 2.45) is 28.7 Å². The lowest BCUT2D eigenvalue weighted by Gasteiger charge is -2.24. The van der Waals surface area contributed by atoms with Gasteiger partial charge in [-0.1, -0.05) is 6.42 Å². The Labute approximate surface area is 194 Å². The molecule has 0 bridgehead atoms. The van der Waals surface area contributed by atoms with E-state index in [4.69, 9.17) is 33.8 Å². The molecular formula is C18H32N8O8. The van der Waals surface area contributed by atoms with Crippen molar-refractivity contribution in [3.05, 3.63) is 0 Å². The molecule has 14 N–H and O–H groups in total. The predicted octanol–water partition coefficient (Wildman–Crippen LogP) is -5.39. The standard InChI is InChI=1S/C18H32N8O8/c19-4-2-1-3-8(20)15(30)24-9(5-12(21)27)16(31)25-10(6-13(22)28)17(32)26-11(18(33)34)7-14(23)29/h8-11H,1-7,19-20H2,(H2,21,27)(H2,22,28)(H2,23,29)(H,24,30)(H,25,31)(H,26,32)(H,33,34). The topological polar surface area (TPSA) is 306 Å². The lowest BCUT2D eigenvalue weighted by Crippen LogP contribution is -2.58. The number of aliphatic carboxylic acids is 1. The minimum atomic E-state index is -1.75. The zero-order valence-electron chi connectivity index (χ0n) is 18.5. The molecule has 0 aromatic carbocycles. The number of primary amides is 3. The molecular weight excluding hydrogens is 456 g/mol. The Bertz CT molecular complexity index is 790. The molecule has 16 heteroatoms. The van der Waals surface area contributed by atoms with E-state index < -0.39 is 84.8 Å². The summed E-state index contributed by atoms with van der Waals surface area (Å²) in [4.78, 5) is 82.4. The summed E-state index contributed by atoms with van der Waals surface area (Å²) in [5.41, 5.74) is 26.3. The molecule has 0 spiro atoms. The Kier molecular flexibility index (Phi) is 13.4. The van der Waals surface area contributed by atoms with Gasteiger partial charge in [0, 0.05) is 0 Å². The molecule has 4 unspecified atom stereocenters. The van der Waals surface area contributed by atoms with E-state index in [1.54, 1.807) is 0 Å². The third-order valence-corrected chi connectivity index (χ3v) is 4.40. The first-order chi connectivity index (χ1) is 15.8. The Morgan fingerprint density at radius 2 is 1.03 bits per heavy atom. The Hall–Kier alpha value is -3.79. The average Bonchev–Trinajstić information content (AvgIpc) is 2.71. The molecule has 0 aliphatic heterocycles. The second-order valence-electron chi connectivity index (χ2n) is 7.42. The van der Waals surface area contributed by atoms with Crippen LogP contribution in [0.2, 0.25) is 0 Å². The number of hydrogen-bond donors (Lipinski definition) is 9. The van der Waals surface area contributed by atoms with Crippen LogP contribution in [-0.4, -0.2) is 77.2 Å². The summed E-state index contributed by atoms with van der Waals surface area (Å²) in [6.07, 6.45) is -0.802. The van der Waals surface area contributed by atoms with Gasteiger partial charge in [-0.25, -0.2) is 4.79 Å². The van der Waals surface area contributed by atoms with Gasteiger partial charge in [0.25, 0.3) is 0 Å². The van der Waals surface area contributed by atoms with Crippen LogP contribution in [0.3, 0.4) is 0 Å². The Morgan fingerprint density at radius 3 is 1.41 bits per heavy atom. The van der Waals surface area contributed by atoms with Gasteiger partial charge in [0.2, 0.25) is 35.4 Å². The smallest absolute Gasteiger partial charge is 0.326 e. The van der Waals surface area contributed by atoms with E-state index in [-0.39, 0.29) is 6.42 Å². The van der Waals surface area contributed by atoms with Gasteiger partial charge >= 0.3 is 5.97 Å². The number of carbonyl (C=O) groups is 7. The number of carbonyl (C=O) groups excluding carboxylic acids is 6. The summed E-state index contributed by atoms with van der Waals surface area (Å²) in [7, 11) is 0. The Balaban J connectivity index is 5.48. The number of nitrogens with two attached hydrogens (primary N) is 5. The van der Waals surface area contributed by atoms with Crippen molar-refractivity contribution in [1.82, 2.24) is 16.0 Å². The summed E-state index contributed by atoms with van der Waals surface area (Å²) in [6.45, 7) is 0.395. The molecule has 0 fully saturated rings. The fourth-order valence-electron chi connectivity index (χ4n) is 2.69. The highest BCUT2D eigenvalue weighted by Gasteiger charge is 2.32. The summed E-state index contributed by atoms with van der Waals surface area (Å²) in [6, 6.07) is -6.03. The van der Waals surface area contributed by atoms with Gasteiger partial charge in [0.15, 0.2) is 0 Å². The van der Waals surface area contributed by atoms with Gasteiger partial charge in [-0.15, -0.1) is 0 Å². The third-order valence-electron chi connectivity index (χ3n) is 4.40. The third kappa shape index (κ3) is 12.3. The minimum Gasteiger partial charge on any atom is -0.480 e. The molecule has 16 nitrogen and oxygen atoms in total. The molecule has 0 rings (SSSR count). The zero-order chi connectivity index (χ0) is 26.4. The SMILES string of the molecule is NCCCCC(N)C(=O)NC(CC(N)=O)C(=O)NC(CC(N)=O)C(=O)NC(CC(N)=O)C(=O)O. The van der Waals surface area contributed by atoms with Gasteiger partial charge < -0.3 is 49.7 Å². The van der Waals surface area contributed by atoms with E-state index >= 15 is 0 Å². The predicted molar refractivity (Wildman–Crippen MR) is 116 cm³/mol. The van der Waals surface area contributed by atoms with Crippen LogP contribution in [0.4, 0.5) is 0 Å². The van der Waals surface area contributed by atoms with Crippen LogP contribution in [0.1, 0.15) is 38.5 Å². The highest BCUT2D eigenvalue weighted by Crippen LogP contribution is 2.03. The summed E-state index contributed by atoms with van der Waals surface area (Å²) in [5, 5.41) is 15.4. The quantitative estimate of drug-likeness (QED) is 0.0874. The van der Waals surface area contributed by atoms with Crippen LogP contribution < -0.4 is 44.6 Å². The molecule has 4 atom stereocenters. The number of rotatable bonds is 17. The molecule has 0 radical (unpaired) electrons. The number of carboxylic acid groups (broad SMARTS) is 1. The molecule has 34 heavy (non-hydrogen) atoms. The first-order valence-corrected chi connectivity index (χ1v) is 10.2. The van der Waals surface area contributed by atoms with E-state index in [0.717, 1.165) is 0 Å². The van der Waals surface area contributed by atoms with Crippen LogP contribution in [0.15, 0.2) is 0 Å². The molecule has 6 amide bonds. The maximum Gasteiger partial charge on any atom is 0.326 e. The van der Waals surface area contributed by atoms with Gasteiger partial charge in [0.05, 0.1) is 25.3 Å². The molecule has 0 aromatic rings. The molecule has 0 aromatic heterocycles. The van der Waals surface area contributed by atoms with Gasteiger partial charge in [0.1, 0.15) is 18.1 Å². The maximum absolute atomic E-state index is 12.7. The number of unbranched alkanes of at least 4 members (excludes halogenated alkanes) is 1. The fourth-order valence-corrected chi connectivity index (χ4v) is 2.69. The van der Waals surface area contributed by atoms with Crippen LogP contribution in [0, 0.1) is 0 Å². The highest BCUT2D eigenvalue weighted by molar-refractivity contribution is 5.98. The number of carboxylic acids is 1. The lowest BCUT2D eigenvalue weighted by atomic mass is 10.1. The summed E-state index contributed by atoms with van der Waals surface area (Å²) < 4.78 is 0. The first kappa shape index (κ1) is 30.2. The van der Waals surface area contributed by atoms with Gasteiger partial charge in [-0.2, -0.15) is 0 Å². The largest absolute Gasteiger partial charge is 0.480 e. The van der Waals surface area contributed by atoms with Crippen molar-refractivity contribution in [3.63, 3.8) is 0 Å². The normalized spacial score (nSPS) is 14.1. The molecule has 0 saturated heterocycles. The van der Waals surface area contributed by atoms with Crippen LogP contribution >= 0.6 is 0 Å². The van der Waals surface area contributed by atoms with Crippen molar-refractivity contribution in [2.45, 2.75) is 62.7 Å². The average molecular weight is 489 g/mol. The zero-order valence-corrected chi connectivity index (χ0v) is 18.5. The van der Waals surface area contributed by atoms with Crippen molar-refractivity contribution >= 4 is 41.4 Å². The van der Waals surface area contributed by atoms with Crippen molar-refractivity contribution < 1.29 is 38.7 Å². The van der Waals surface area contributed by atoms with Crippen LogP contribution in [0.25, 0.3) is 0 Å². The minimum absolute atomic E-state index is 0.247. The fraction of sp³-hybridized carbons (Fsp3) is 0.611. The van der Waals surface area contributed by atoms with E-state index in [2.05, 4.69) is 10.6 Å². The second kappa shape index (κ2) is 15.1. The monoisotopic (exact) mass is 488 g/mol. The second-order valence-corrected chi connectivity index (χ2v) is 7.42. The summed E-state index contributed by atoms with van der Waals surface area (Å²) in [5.74, 6) is -7.69. The molecule has 0 heterocycles. The van der Waals surface area contributed by atoms with Crippen LogP contribution in [0.5, 0.6) is 0 Å². The lowest BCUT2D eigenvalue weighted by molar-refractivity contribution is -0.144. The van der Waals surface area contributed by atoms with Gasteiger partial charge in [-0.3, -0.25) is 28.8 Å².